The Morgan fingerprint density at radius 2 is 2.36 bits per heavy atom. The highest BCUT2D eigenvalue weighted by atomic mass is 16.4. The Labute approximate surface area is 82.0 Å². The number of pyridine rings is 1. The van der Waals surface area contributed by atoms with Gasteiger partial charge < -0.3 is 16.2 Å². The molecule has 1 aromatic rings. The van der Waals surface area contributed by atoms with E-state index in [1.54, 1.807) is 25.3 Å². The molecule has 0 saturated carbocycles. The first-order valence-corrected chi connectivity index (χ1v) is 4.27. The fraction of sp³-hybridized carbons (Fsp3) is 0.333. The van der Waals surface area contributed by atoms with Crippen molar-refractivity contribution in [1.29, 1.82) is 0 Å². The maximum atomic E-state index is 10.5. The van der Waals surface area contributed by atoms with Crippen LogP contribution in [0.1, 0.15) is 6.92 Å². The second kappa shape index (κ2) is 4.57. The molecule has 0 fully saturated rings. The molecular formula is C9H13N3O2. The van der Waals surface area contributed by atoms with E-state index in [0.29, 0.717) is 5.82 Å². The minimum atomic E-state index is -1.03. The van der Waals surface area contributed by atoms with Crippen molar-refractivity contribution in [1.82, 2.24) is 4.98 Å². The third-order valence-corrected chi connectivity index (χ3v) is 1.86. The van der Waals surface area contributed by atoms with Crippen LogP contribution >= 0.6 is 0 Å². The van der Waals surface area contributed by atoms with Crippen molar-refractivity contribution in [2.75, 3.05) is 5.32 Å². The molecule has 0 aromatic carbocycles. The van der Waals surface area contributed by atoms with E-state index in [9.17, 15) is 4.79 Å². The number of rotatable bonds is 4. The van der Waals surface area contributed by atoms with Gasteiger partial charge in [0.05, 0.1) is 6.04 Å². The lowest BCUT2D eigenvalue weighted by Crippen LogP contribution is -2.44. The van der Waals surface area contributed by atoms with E-state index in [1.807, 2.05) is 6.07 Å². The number of carboxylic acids is 1. The summed E-state index contributed by atoms with van der Waals surface area (Å²) in [5.74, 6) is -0.405. The average Bonchev–Trinajstić information content (AvgIpc) is 2.18. The van der Waals surface area contributed by atoms with E-state index in [2.05, 4.69) is 10.3 Å². The minimum absolute atomic E-state index is 0.359. The highest BCUT2D eigenvalue weighted by Crippen LogP contribution is 2.04. The third-order valence-electron chi connectivity index (χ3n) is 1.86. The van der Waals surface area contributed by atoms with Gasteiger partial charge in [-0.3, -0.25) is 4.79 Å². The van der Waals surface area contributed by atoms with Crippen LogP contribution in [0, 0.1) is 0 Å². The lowest BCUT2D eigenvalue weighted by Gasteiger charge is -2.17. The summed E-state index contributed by atoms with van der Waals surface area (Å²) in [6.45, 7) is 1.70. The van der Waals surface area contributed by atoms with Gasteiger partial charge in [0.2, 0.25) is 0 Å². The third kappa shape index (κ3) is 2.70. The van der Waals surface area contributed by atoms with E-state index in [-0.39, 0.29) is 6.04 Å². The molecule has 0 saturated heterocycles. The number of aliphatic carboxylic acids is 1. The Morgan fingerprint density at radius 1 is 1.64 bits per heavy atom. The number of nitrogens with one attached hydrogen (secondary N) is 1. The van der Waals surface area contributed by atoms with Gasteiger partial charge >= 0.3 is 5.97 Å². The van der Waals surface area contributed by atoms with Gasteiger partial charge in [0.15, 0.2) is 0 Å². The van der Waals surface area contributed by atoms with Crippen molar-refractivity contribution < 1.29 is 9.90 Å². The zero-order chi connectivity index (χ0) is 10.6. The van der Waals surface area contributed by atoms with Gasteiger partial charge in [-0.25, -0.2) is 4.98 Å². The molecule has 2 atom stereocenters. The highest BCUT2D eigenvalue weighted by molar-refractivity contribution is 5.74. The summed E-state index contributed by atoms with van der Waals surface area (Å²) in [6, 6.07) is 4.06. The molecule has 0 bridgehead atoms. The number of carboxylic acid groups (broad SMARTS) is 1. The highest BCUT2D eigenvalue weighted by Gasteiger charge is 2.19. The molecule has 5 nitrogen and oxygen atoms in total. The fourth-order valence-electron chi connectivity index (χ4n) is 0.985. The number of nitrogens with zero attached hydrogens (tertiary/aromatic N) is 1. The van der Waals surface area contributed by atoms with Gasteiger partial charge in [-0.2, -0.15) is 0 Å². The van der Waals surface area contributed by atoms with Crippen molar-refractivity contribution >= 4 is 11.8 Å². The summed E-state index contributed by atoms with van der Waals surface area (Å²) in [5.41, 5.74) is 5.42. The average molecular weight is 195 g/mol. The standard InChI is InChI=1S/C9H13N3O2/c1-6(8(10)9(13)14)12-7-4-2-3-5-11-7/h2-6,8H,10H2,1H3,(H,11,12)(H,13,14)/t6-,8-/m0/s1. The van der Waals surface area contributed by atoms with E-state index in [1.165, 1.54) is 0 Å². The number of hydrogen-bond acceptors (Lipinski definition) is 4. The monoisotopic (exact) mass is 195 g/mol. The summed E-state index contributed by atoms with van der Waals surface area (Å²) >= 11 is 0. The van der Waals surface area contributed by atoms with Crippen molar-refractivity contribution in [2.45, 2.75) is 19.0 Å². The summed E-state index contributed by atoms with van der Waals surface area (Å²) in [5, 5.41) is 11.6. The van der Waals surface area contributed by atoms with Crippen LogP contribution in [0.2, 0.25) is 0 Å². The number of carbonyl (C=O) groups is 1. The van der Waals surface area contributed by atoms with E-state index in [4.69, 9.17) is 10.8 Å². The fourth-order valence-corrected chi connectivity index (χ4v) is 0.985. The topological polar surface area (TPSA) is 88.2 Å². The second-order valence-electron chi connectivity index (χ2n) is 3.01. The molecule has 76 valence electrons. The number of nitrogens with two attached hydrogens (primary N) is 1. The lowest BCUT2D eigenvalue weighted by molar-refractivity contribution is -0.138. The van der Waals surface area contributed by atoms with Crippen molar-refractivity contribution in [3.63, 3.8) is 0 Å². The predicted molar refractivity (Wildman–Crippen MR) is 52.9 cm³/mol. The normalized spacial score (nSPS) is 14.4. The summed E-state index contributed by atoms with van der Waals surface area (Å²) in [7, 11) is 0. The van der Waals surface area contributed by atoms with Gasteiger partial charge in [-0.1, -0.05) is 6.07 Å². The van der Waals surface area contributed by atoms with Gasteiger partial charge in [-0.05, 0) is 19.1 Å². The Morgan fingerprint density at radius 3 is 2.86 bits per heavy atom. The van der Waals surface area contributed by atoms with Crippen LogP contribution in [0.4, 0.5) is 5.82 Å². The minimum Gasteiger partial charge on any atom is -0.480 e. The number of hydrogen-bond donors (Lipinski definition) is 3. The lowest BCUT2D eigenvalue weighted by atomic mass is 10.1. The van der Waals surface area contributed by atoms with Crippen LogP contribution in [0.3, 0.4) is 0 Å². The summed E-state index contributed by atoms with van der Waals surface area (Å²) in [6.07, 6.45) is 1.63. The molecule has 14 heavy (non-hydrogen) atoms. The predicted octanol–water partition coefficient (Wildman–Crippen LogP) is 0.294. The maximum Gasteiger partial charge on any atom is 0.322 e. The molecule has 0 aliphatic rings. The summed E-state index contributed by atoms with van der Waals surface area (Å²) < 4.78 is 0. The molecule has 1 rings (SSSR count). The first-order chi connectivity index (χ1) is 6.61. The van der Waals surface area contributed by atoms with Crippen molar-refractivity contribution in [3.05, 3.63) is 24.4 Å². The number of aromatic nitrogens is 1. The van der Waals surface area contributed by atoms with Crippen molar-refractivity contribution in [2.24, 2.45) is 5.73 Å². The van der Waals surface area contributed by atoms with E-state index in [0.717, 1.165) is 0 Å². The zero-order valence-corrected chi connectivity index (χ0v) is 7.84. The van der Waals surface area contributed by atoms with Gasteiger partial charge in [0.25, 0.3) is 0 Å². The first-order valence-electron chi connectivity index (χ1n) is 4.27. The quantitative estimate of drug-likeness (QED) is 0.642. The molecule has 1 heterocycles. The first kappa shape index (κ1) is 10.5. The van der Waals surface area contributed by atoms with Gasteiger partial charge in [-0.15, -0.1) is 0 Å². The van der Waals surface area contributed by atoms with Crippen LogP contribution in [0.15, 0.2) is 24.4 Å². The Bertz CT molecular complexity index is 302. The molecule has 0 aliphatic carbocycles. The van der Waals surface area contributed by atoms with Crippen LogP contribution < -0.4 is 11.1 Å². The van der Waals surface area contributed by atoms with Crippen LogP contribution in [0.5, 0.6) is 0 Å². The summed E-state index contributed by atoms with van der Waals surface area (Å²) in [4.78, 5) is 14.5. The molecule has 0 unspecified atom stereocenters. The molecule has 1 aromatic heterocycles. The van der Waals surface area contributed by atoms with Gasteiger partial charge in [0.1, 0.15) is 11.9 Å². The number of anilines is 1. The Balaban J connectivity index is 2.57. The largest absolute Gasteiger partial charge is 0.480 e. The van der Waals surface area contributed by atoms with Crippen LogP contribution in [-0.2, 0) is 4.79 Å². The molecule has 0 radical (unpaired) electrons. The van der Waals surface area contributed by atoms with Crippen molar-refractivity contribution in [3.8, 4) is 0 Å². The molecule has 5 heteroatoms. The van der Waals surface area contributed by atoms with Crippen LogP contribution in [-0.4, -0.2) is 28.1 Å². The Kier molecular flexibility index (Phi) is 3.41. The Hall–Kier alpha value is -1.62. The molecular weight excluding hydrogens is 182 g/mol. The molecule has 0 amide bonds. The second-order valence-corrected chi connectivity index (χ2v) is 3.01. The molecule has 0 spiro atoms. The van der Waals surface area contributed by atoms with E-state index >= 15 is 0 Å². The van der Waals surface area contributed by atoms with Gasteiger partial charge in [0, 0.05) is 6.20 Å². The zero-order valence-electron chi connectivity index (χ0n) is 7.84. The smallest absolute Gasteiger partial charge is 0.322 e. The maximum absolute atomic E-state index is 10.5. The molecule has 0 aliphatic heterocycles. The SMILES string of the molecule is C[C@H](Nc1ccccn1)[C@H](N)C(=O)O. The van der Waals surface area contributed by atoms with Crippen LogP contribution in [0.25, 0.3) is 0 Å². The molecule has 4 N–H and O–H groups in total. The van der Waals surface area contributed by atoms with E-state index < -0.39 is 12.0 Å².